The van der Waals surface area contributed by atoms with Crippen molar-refractivity contribution in [2.75, 3.05) is 45.9 Å². The number of aliphatic hydroxyl groups is 1. The summed E-state index contributed by atoms with van der Waals surface area (Å²) in [5.74, 6) is 0.245. The van der Waals surface area contributed by atoms with Crippen molar-refractivity contribution in [3.63, 3.8) is 0 Å². The second kappa shape index (κ2) is 8.97. The molecule has 0 saturated carbocycles. The van der Waals surface area contributed by atoms with Crippen molar-refractivity contribution in [3.05, 3.63) is 0 Å². The minimum atomic E-state index is -0.387. The van der Waals surface area contributed by atoms with E-state index in [1.54, 1.807) is 6.92 Å². The summed E-state index contributed by atoms with van der Waals surface area (Å²) in [7, 11) is 0. The van der Waals surface area contributed by atoms with Crippen LogP contribution in [0.5, 0.6) is 0 Å². The van der Waals surface area contributed by atoms with E-state index in [0.717, 1.165) is 32.5 Å². The van der Waals surface area contributed by atoms with Crippen LogP contribution in [0.3, 0.4) is 0 Å². The number of hydrogen-bond donors (Lipinski definition) is 1. The van der Waals surface area contributed by atoms with Crippen LogP contribution < -0.4 is 0 Å². The molecule has 134 valence electrons. The zero-order valence-corrected chi connectivity index (χ0v) is 14.7. The Morgan fingerprint density at radius 2 is 1.96 bits per heavy atom. The minimum absolute atomic E-state index is 0.0923. The molecular formula is C17H32N2O4. The third kappa shape index (κ3) is 5.71. The SMILES string of the molecule is CC(C)[C@@H](OC[C@H]1CCCO1)C(=O)N1CCN(C[C@H](C)O)CC1. The third-order valence-electron chi connectivity index (χ3n) is 4.54. The molecule has 6 nitrogen and oxygen atoms in total. The number of aliphatic hydroxyl groups excluding tert-OH is 1. The summed E-state index contributed by atoms with van der Waals surface area (Å²) in [6.07, 6.45) is 1.54. The molecule has 1 amide bonds. The van der Waals surface area contributed by atoms with Crippen LogP contribution >= 0.6 is 0 Å². The van der Waals surface area contributed by atoms with Gasteiger partial charge in [-0.2, -0.15) is 0 Å². The van der Waals surface area contributed by atoms with Crippen molar-refractivity contribution in [2.45, 2.75) is 51.9 Å². The number of piperazine rings is 1. The van der Waals surface area contributed by atoms with Gasteiger partial charge in [0.2, 0.25) is 0 Å². The molecule has 0 aromatic heterocycles. The number of carbonyl (C=O) groups is 1. The summed E-state index contributed by atoms with van der Waals surface area (Å²) in [6, 6.07) is 0. The lowest BCUT2D eigenvalue weighted by Crippen LogP contribution is -2.53. The highest BCUT2D eigenvalue weighted by molar-refractivity contribution is 5.81. The van der Waals surface area contributed by atoms with Crippen molar-refractivity contribution >= 4 is 5.91 Å². The zero-order valence-electron chi connectivity index (χ0n) is 14.7. The van der Waals surface area contributed by atoms with Crippen molar-refractivity contribution in [3.8, 4) is 0 Å². The van der Waals surface area contributed by atoms with Crippen LogP contribution in [-0.4, -0.2) is 85.1 Å². The quantitative estimate of drug-likeness (QED) is 0.747. The van der Waals surface area contributed by atoms with E-state index < -0.39 is 0 Å². The van der Waals surface area contributed by atoms with Crippen LogP contribution in [0, 0.1) is 5.92 Å². The Morgan fingerprint density at radius 3 is 2.48 bits per heavy atom. The summed E-state index contributed by atoms with van der Waals surface area (Å²) in [5.41, 5.74) is 0. The summed E-state index contributed by atoms with van der Waals surface area (Å²) < 4.78 is 11.5. The van der Waals surface area contributed by atoms with Crippen molar-refractivity contribution in [1.82, 2.24) is 9.80 Å². The largest absolute Gasteiger partial charge is 0.392 e. The number of ether oxygens (including phenoxy) is 2. The molecule has 2 aliphatic rings. The fourth-order valence-electron chi connectivity index (χ4n) is 3.24. The lowest BCUT2D eigenvalue weighted by atomic mass is 10.1. The van der Waals surface area contributed by atoms with Gasteiger partial charge in [0.05, 0.1) is 18.8 Å². The first kappa shape index (κ1) is 18.6. The van der Waals surface area contributed by atoms with E-state index >= 15 is 0 Å². The number of hydrogen-bond acceptors (Lipinski definition) is 5. The number of β-amino-alcohol motifs (C(OH)–C–C–N with tert-alkyl or cyclic N) is 1. The number of rotatable bonds is 7. The Labute approximate surface area is 139 Å². The Kier molecular flexibility index (Phi) is 7.27. The molecule has 0 radical (unpaired) electrons. The molecule has 2 rings (SSSR count). The van der Waals surface area contributed by atoms with Gasteiger partial charge in [-0.15, -0.1) is 0 Å². The normalized spacial score (nSPS) is 25.8. The van der Waals surface area contributed by atoms with Gasteiger partial charge in [0, 0.05) is 39.3 Å². The first-order chi connectivity index (χ1) is 11.0. The van der Waals surface area contributed by atoms with Gasteiger partial charge in [0.1, 0.15) is 6.10 Å². The fourth-order valence-corrected chi connectivity index (χ4v) is 3.24. The minimum Gasteiger partial charge on any atom is -0.392 e. The smallest absolute Gasteiger partial charge is 0.252 e. The van der Waals surface area contributed by atoms with E-state index in [0.29, 0.717) is 26.2 Å². The molecule has 2 aliphatic heterocycles. The van der Waals surface area contributed by atoms with Gasteiger partial charge < -0.3 is 19.5 Å². The molecule has 2 saturated heterocycles. The van der Waals surface area contributed by atoms with Gasteiger partial charge in [-0.25, -0.2) is 0 Å². The molecule has 0 aromatic rings. The van der Waals surface area contributed by atoms with Crippen molar-refractivity contribution in [2.24, 2.45) is 5.92 Å². The molecule has 0 unspecified atom stereocenters. The second-order valence-electron chi connectivity index (χ2n) is 7.11. The number of carbonyl (C=O) groups excluding carboxylic acids is 1. The maximum Gasteiger partial charge on any atom is 0.252 e. The number of nitrogens with zero attached hydrogens (tertiary/aromatic N) is 2. The van der Waals surface area contributed by atoms with E-state index in [2.05, 4.69) is 4.90 Å². The zero-order chi connectivity index (χ0) is 16.8. The topological polar surface area (TPSA) is 62.2 Å². The van der Waals surface area contributed by atoms with Crippen LogP contribution in [0.25, 0.3) is 0 Å². The highest BCUT2D eigenvalue weighted by Gasteiger charge is 2.31. The van der Waals surface area contributed by atoms with E-state index in [4.69, 9.17) is 9.47 Å². The van der Waals surface area contributed by atoms with Gasteiger partial charge in [0.25, 0.3) is 5.91 Å². The monoisotopic (exact) mass is 328 g/mol. The first-order valence-electron chi connectivity index (χ1n) is 8.89. The van der Waals surface area contributed by atoms with Crippen LogP contribution in [0.15, 0.2) is 0 Å². The molecule has 0 bridgehead atoms. The molecule has 0 aliphatic carbocycles. The molecule has 2 fully saturated rings. The van der Waals surface area contributed by atoms with E-state index in [-0.39, 0.29) is 30.1 Å². The molecule has 6 heteroatoms. The van der Waals surface area contributed by atoms with Gasteiger partial charge in [-0.3, -0.25) is 9.69 Å². The summed E-state index contributed by atoms with van der Waals surface area (Å²) in [6.45, 7) is 10.9. The molecule has 3 atom stereocenters. The van der Waals surface area contributed by atoms with Gasteiger partial charge in [-0.05, 0) is 25.7 Å². The van der Waals surface area contributed by atoms with E-state index in [1.165, 1.54) is 0 Å². The van der Waals surface area contributed by atoms with Crippen LogP contribution in [0.4, 0.5) is 0 Å². The predicted octanol–water partition coefficient (Wildman–Crippen LogP) is 0.732. The van der Waals surface area contributed by atoms with Crippen LogP contribution in [0.1, 0.15) is 33.6 Å². The van der Waals surface area contributed by atoms with E-state index in [9.17, 15) is 9.90 Å². The van der Waals surface area contributed by atoms with Gasteiger partial charge in [0.15, 0.2) is 0 Å². The maximum atomic E-state index is 12.8. The fraction of sp³-hybridized carbons (Fsp3) is 0.941. The molecular weight excluding hydrogens is 296 g/mol. The average molecular weight is 328 g/mol. The molecule has 23 heavy (non-hydrogen) atoms. The molecule has 0 spiro atoms. The second-order valence-corrected chi connectivity index (χ2v) is 7.11. The van der Waals surface area contributed by atoms with Crippen LogP contribution in [-0.2, 0) is 14.3 Å². The van der Waals surface area contributed by atoms with Crippen molar-refractivity contribution < 1.29 is 19.4 Å². The maximum absolute atomic E-state index is 12.8. The molecule has 2 heterocycles. The van der Waals surface area contributed by atoms with Crippen LogP contribution in [0.2, 0.25) is 0 Å². The standard InChI is InChI=1S/C17H32N2O4/c1-13(2)16(23-12-15-5-4-10-22-15)17(21)19-8-6-18(7-9-19)11-14(3)20/h13-16,20H,4-12H2,1-3H3/t14-,15+,16+/m0/s1. The Morgan fingerprint density at radius 1 is 1.26 bits per heavy atom. The molecule has 0 aromatic carbocycles. The highest BCUT2D eigenvalue weighted by Crippen LogP contribution is 2.17. The predicted molar refractivity (Wildman–Crippen MR) is 88.3 cm³/mol. The summed E-state index contributed by atoms with van der Waals surface area (Å²) >= 11 is 0. The summed E-state index contributed by atoms with van der Waals surface area (Å²) in [4.78, 5) is 16.9. The highest BCUT2D eigenvalue weighted by atomic mass is 16.5. The lowest BCUT2D eigenvalue weighted by Gasteiger charge is -2.37. The average Bonchev–Trinajstić information content (AvgIpc) is 3.00. The van der Waals surface area contributed by atoms with Crippen molar-refractivity contribution in [1.29, 1.82) is 0 Å². The Balaban J connectivity index is 1.80. The van der Waals surface area contributed by atoms with Gasteiger partial charge >= 0.3 is 0 Å². The lowest BCUT2D eigenvalue weighted by molar-refractivity contribution is -0.151. The summed E-state index contributed by atoms with van der Waals surface area (Å²) in [5, 5.41) is 9.46. The Bertz CT molecular complexity index is 362. The van der Waals surface area contributed by atoms with Gasteiger partial charge in [-0.1, -0.05) is 13.8 Å². The Hall–Kier alpha value is -0.690. The van der Waals surface area contributed by atoms with E-state index in [1.807, 2.05) is 18.7 Å². The number of amides is 1. The molecule has 1 N–H and O–H groups in total. The first-order valence-corrected chi connectivity index (χ1v) is 8.89. The third-order valence-corrected chi connectivity index (χ3v) is 4.54.